The fourth-order valence-corrected chi connectivity index (χ4v) is 2.82. The van der Waals surface area contributed by atoms with Crippen molar-refractivity contribution in [2.24, 2.45) is 5.92 Å². The van der Waals surface area contributed by atoms with Crippen LogP contribution in [0.1, 0.15) is 31.7 Å². The number of carbonyl (C=O) groups is 1. The maximum Gasteiger partial charge on any atom is 0.315 e. The summed E-state index contributed by atoms with van der Waals surface area (Å²) in [5, 5.41) is 15.3. The summed E-state index contributed by atoms with van der Waals surface area (Å²) in [6.45, 7) is 2.12. The maximum absolute atomic E-state index is 12.0. The van der Waals surface area contributed by atoms with Crippen molar-refractivity contribution in [3.63, 3.8) is 0 Å². The molecule has 4 heteroatoms. The standard InChI is InChI=1S/C16H24N2O2/c1-12-6-5-9-15(12)18-16(20)17-14(11-19)10-13-7-3-2-4-8-13/h2-4,7-8,12,14-15,19H,5-6,9-11H2,1H3,(H2,17,18,20)/t12-,14-,15+/m0/s1. The summed E-state index contributed by atoms with van der Waals surface area (Å²) in [6, 6.07) is 9.74. The van der Waals surface area contributed by atoms with Crippen LogP contribution in [0.15, 0.2) is 30.3 Å². The van der Waals surface area contributed by atoms with Crippen LogP contribution in [0.3, 0.4) is 0 Å². The van der Waals surface area contributed by atoms with E-state index in [0.29, 0.717) is 12.3 Å². The van der Waals surface area contributed by atoms with E-state index in [0.717, 1.165) is 12.0 Å². The zero-order chi connectivity index (χ0) is 14.4. The zero-order valence-electron chi connectivity index (χ0n) is 12.0. The van der Waals surface area contributed by atoms with Crippen molar-refractivity contribution >= 4 is 6.03 Å². The largest absolute Gasteiger partial charge is 0.394 e. The minimum absolute atomic E-state index is 0.0530. The maximum atomic E-state index is 12.0. The van der Waals surface area contributed by atoms with Crippen molar-refractivity contribution in [2.75, 3.05) is 6.61 Å². The van der Waals surface area contributed by atoms with Gasteiger partial charge in [0.15, 0.2) is 0 Å². The first-order valence-electron chi connectivity index (χ1n) is 7.41. The van der Waals surface area contributed by atoms with Gasteiger partial charge in [0, 0.05) is 6.04 Å². The second-order valence-electron chi connectivity index (χ2n) is 5.70. The van der Waals surface area contributed by atoms with Gasteiger partial charge < -0.3 is 15.7 Å². The van der Waals surface area contributed by atoms with E-state index in [9.17, 15) is 9.90 Å². The fourth-order valence-electron chi connectivity index (χ4n) is 2.82. The molecule has 0 unspecified atom stereocenters. The van der Waals surface area contributed by atoms with E-state index >= 15 is 0 Å². The molecule has 1 aromatic rings. The van der Waals surface area contributed by atoms with Crippen LogP contribution in [0.5, 0.6) is 0 Å². The Bertz CT molecular complexity index is 422. The molecule has 0 bridgehead atoms. The second-order valence-corrected chi connectivity index (χ2v) is 5.70. The number of hydrogen-bond acceptors (Lipinski definition) is 2. The third kappa shape index (κ3) is 4.23. The number of carbonyl (C=O) groups excluding carboxylic acids is 1. The lowest BCUT2D eigenvalue weighted by Crippen LogP contribution is -2.48. The van der Waals surface area contributed by atoms with E-state index in [4.69, 9.17) is 0 Å². The van der Waals surface area contributed by atoms with Crippen LogP contribution in [0, 0.1) is 5.92 Å². The Morgan fingerprint density at radius 1 is 1.35 bits per heavy atom. The summed E-state index contributed by atoms with van der Waals surface area (Å²) < 4.78 is 0. The molecule has 3 N–H and O–H groups in total. The Balaban J connectivity index is 1.81. The predicted molar refractivity (Wildman–Crippen MR) is 79.5 cm³/mol. The summed E-state index contributed by atoms with van der Waals surface area (Å²) in [5.41, 5.74) is 1.11. The Kier molecular flexibility index (Phi) is 5.41. The van der Waals surface area contributed by atoms with Gasteiger partial charge in [-0.05, 0) is 30.7 Å². The normalized spacial score (nSPS) is 23.3. The monoisotopic (exact) mass is 276 g/mol. The van der Waals surface area contributed by atoms with Crippen molar-refractivity contribution in [3.8, 4) is 0 Å². The Labute approximate surface area is 120 Å². The molecule has 4 nitrogen and oxygen atoms in total. The van der Waals surface area contributed by atoms with Crippen molar-refractivity contribution in [1.82, 2.24) is 10.6 Å². The molecule has 1 saturated carbocycles. The number of benzene rings is 1. The molecule has 1 aliphatic rings. The first kappa shape index (κ1) is 14.9. The fraction of sp³-hybridized carbons (Fsp3) is 0.562. The van der Waals surface area contributed by atoms with Gasteiger partial charge in [-0.3, -0.25) is 0 Å². The molecule has 0 aliphatic heterocycles. The molecule has 0 saturated heterocycles. The summed E-state index contributed by atoms with van der Waals surface area (Å²) in [5.74, 6) is 0.544. The summed E-state index contributed by atoms with van der Waals surface area (Å²) in [4.78, 5) is 12.0. The molecule has 3 atom stereocenters. The van der Waals surface area contributed by atoms with Crippen LogP contribution in [-0.4, -0.2) is 29.8 Å². The van der Waals surface area contributed by atoms with Gasteiger partial charge in [-0.1, -0.05) is 43.7 Å². The van der Waals surface area contributed by atoms with E-state index in [1.165, 1.54) is 12.8 Å². The van der Waals surface area contributed by atoms with Crippen LogP contribution >= 0.6 is 0 Å². The minimum atomic E-state index is -0.242. The van der Waals surface area contributed by atoms with Crippen LogP contribution < -0.4 is 10.6 Å². The zero-order valence-corrected chi connectivity index (χ0v) is 12.0. The molecule has 2 amide bonds. The SMILES string of the molecule is C[C@H]1CCC[C@H]1NC(=O)N[C@H](CO)Cc1ccccc1. The van der Waals surface area contributed by atoms with E-state index in [1.54, 1.807) is 0 Å². The van der Waals surface area contributed by atoms with E-state index in [1.807, 2.05) is 30.3 Å². The summed E-state index contributed by atoms with van der Waals surface area (Å²) in [7, 11) is 0. The van der Waals surface area contributed by atoms with Crippen molar-refractivity contribution in [3.05, 3.63) is 35.9 Å². The lowest BCUT2D eigenvalue weighted by molar-refractivity contribution is 0.211. The van der Waals surface area contributed by atoms with Gasteiger partial charge in [0.05, 0.1) is 12.6 Å². The third-order valence-corrected chi connectivity index (χ3v) is 4.06. The number of nitrogens with one attached hydrogen (secondary N) is 2. The average molecular weight is 276 g/mol. The molecule has 110 valence electrons. The topological polar surface area (TPSA) is 61.4 Å². The highest BCUT2D eigenvalue weighted by Crippen LogP contribution is 2.24. The lowest BCUT2D eigenvalue weighted by Gasteiger charge is -2.21. The van der Waals surface area contributed by atoms with Gasteiger partial charge >= 0.3 is 6.03 Å². The first-order valence-corrected chi connectivity index (χ1v) is 7.41. The molecule has 0 radical (unpaired) electrons. The number of aliphatic hydroxyl groups is 1. The van der Waals surface area contributed by atoms with Crippen molar-refractivity contribution < 1.29 is 9.90 Å². The number of amides is 2. The van der Waals surface area contributed by atoms with Crippen molar-refractivity contribution in [2.45, 2.75) is 44.7 Å². The van der Waals surface area contributed by atoms with Crippen LogP contribution in [-0.2, 0) is 6.42 Å². The lowest BCUT2D eigenvalue weighted by atomic mass is 10.1. The molecule has 0 aromatic heterocycles. The number of hydrogen-bond donors (Lipinski definition) is 3. The highest BCUT2D eigenvalue weighted by atomic mass is 16.3. The average Bonchev–Trinajstić information content (AvgIpc) is 2.84. The van der Waals surface area contributed by atoms with Gasteiger partial charge in [-0.25, -0.2) is 4.79 Å². The second kappa shape index (κ2) is 7.29. The molecule has 1 aliphatic carbocycles. The Hall–Kier alpha value is -1.55. The summed E-state index contributed by atoms with van der Waals surface area (Å²) >= 11 is 0. The molecule has 1 fully saturated rings. The van der Waals surface area contributed by atoms with Crippen LogP contribution in [0.4, 0.5) is 4.79 Å². The highest BCUT2D eigenvalue weighted by Gasteiger charge is 2.25. The van der Waals surface area contributed by atoms with Crippen LogP contribution in [0.2, 0.25) is 0 Å². The third-order valence-electron chi connectivity index (χ3n) is 4.06. The first-order chi connectivity index (χ1) is 9.69. The van der Waals surface area contributed by atoms with E-state index in [2.05, 4.69) is 17.6 Å². The van der Waals surface area contributed by atoms with Gasteiger partial charge in [-0.15, -0.1) is 0 Å². The Morgan fingerprint density at radius 2 is 2.10 bits per heavy atom. The van der Waals surface area contributed by atoms with Gasteiger partial charge in [0.25, 0.3) is 0 Å². The van der Waals surface area contributed by atoms with Crippen LogP contribution in [0.25, 0.3) is 0 Å². The van der Waals surface area contributed by atoms with Crippen molar-refractivity contribution in [1.29, 1.82) is 0 Å². The summed E-state index contributed by atoms with van der Waals surface area (Å²) in [6.07, 6.45) is 4.06. The minimum Gasteiger partial charge on any atom is -0.394 e. The quantitative estimate of drug-likeness (QED) is 0.771. The molecular formula is C16H24N2O2. The van der Waals surface area contributed by atoms with E-state index in [-0.39, 0.29) is 24.7 Å². The number of aliphatic hydroxyl groups excluding tert-OH is 1. The molecular weight excluding hydrogens is 252 g/mol. The molecule has 0 heterocycles. The molecule has 1 aromatic carbocycles. The van der Waals surface area contributed by atoms with Gasteiger partial charge in [0.2, 0.25) is 0 Å². The van der Waals surface area contributed by atoms with Gasteiger partial charge in [-0.2, -0.15) is 0 Å². The van der Waals surface area contributed by atoms with E-state index < -0.39 is 0 Å². The molecule has 0 spiro atoms. The number of rotatable bonds is 5. The molecule has 20 heavy (non-hydrogen) atoms. The Morgan fingerprint density at radius 3 is 2.70 bits per heavy atom. The van der Waals surface area contributed by atoms with Gasteiger partial charge in [0.1, 0.15) is 0 Å². The smallest absolute Gasteiger partial charge is 0.315 e. The highest BCUT2D eigenvalue weighted by molar-refractivity contribution is 5.74. The number of urea groups is 1. The predicted octanol–water partition coefficient (Wildman–Crippen LogP) is 2.08. The molecule has 2 rings (SSSR count).